The molecule has 0 saturated carbocycles. The molecule has 0 aliphatic rings. The average molecular weight is 324 g/mol. The smallest absolute Gasteiger partial charge is 0.212 e. The van der Waals surface area contributed by atoms with Crippen LogP contribution in [-0.4, -0.2) is 8.42 Å². The van der Waals surface area contributed by atoms with Crippen LogP contribution in [0.1, 0.15) is 30.5 Å². The van der Waals surface area contributed by atoms with Gasteiger partial charge in [-0.2, -0.15) is 0 Å². The summed E-state index contributed by atoms with van der Waals surface area (Å²) < 4.78 is 27.3. The molecule has 21 heavy (non-hydrogen) atoms. The average Bonchev–Trinajstić information content (AvgIpc) is 2.46. The molecule has 5 heteroatoms. The first-order valence-electron chi connectivity index (χ1n) is 6.79. The van der Waals surface area contributed by atoms with Crippen molar-refractivity contribution in [2.24, 2.45) is 0 Å². The maximum Gasteiger partial charge on any atom is 0.216 e. The maximum atomic E-state index is 12.3. The Bertz CT molecular complexity index is 669. The SMILES string of the molecule is CCC(NS(=O)(=O)Cc1ccccc1)c1ccc(Cl)cc1. The summed E-state index contributed by atoms with van der Waals surface area (Å²) in [5.41, 5.74) is 1.69. The van der Waals surface area contributed by atoms with Crippen LogP contribution in [0.25, 0.3) is 0 Å². The number of rotatable bonds is 6. The number of hydrogen-bond acceptors (Lipinski definition) is 2. The fourth-order valence-electron chi connectivity index (χ4n) is 2.13. The van der Waals surface area contributed by atoms with Crippen LogP contribution >= 0.6 is 11.6 Å². The first-order chi connectivity index (χ1) is 10.00. The molecule has 1 N–H and O–H groups in total. The quantitative estimate of drug-likeness (QED) is 0.876. The van der Waals surface area contributed by atoms with Gasteiger partial charge >= 0.3 is 0 Å². The van der Waals surface area contributed by atoms with E-state index in [1.165, 1.54) is 0 Å². The molecular formula is C16H18ClNO2S. The van der Waals surface area contributed by atoms with Crippen molar-refractivity contribution in [2.75, 3.05) is 0 Å². The molecule has 0 bridgehead atoms. The van der Waals surface area contributed by atoms with E-state index in [1.54, 1.807) is 12.1 Å². The van der Waals surface area contributed by atoms with Crippen LogP contribution in [0.4, 0.5) is 0 Å². The second-order valence-electron chi connectivity index (χ2n) is 4.87. The maximum absolute atomic E-state index is 12.3. The summed E-state index contributed by atoms with van der Waals surface area (Å²) in [7, 11) is -3.39. The number of halogens is 1. The number of nitrogens with one attached hydrogen (secondary N) is 1. The van der Waals surface area contributed by atoms with Crippen LogP contribution in [0.2, 0.25) is 5.02 Å². The van der Waals surface area contributed by atoms with Gasteiger partial charge in [-0.3, -0.25) is 0 Å². The lowest BCUT2D eigenvalue weighted by atomic mass is 10.1. The van der Waals surface area contributed by atoms with E-state index in [0.29, 0.717) is 11.4 Å². The van der Waals surface area contributed by atoms with Gasteiger partial charge in [-0.1, -0.05) is 61.0 Å². The standard InChI is InChI=1S/C16H18ClNO2S/c1-2-16(14-8-10-15(17)11-9-14)18-21(19,20)12-13-6-4-3-5-7-13/h3-11,16,18H,2,12H2,1H3. The van der Waals surface area contributed by atoms with Crippen molar-refractivity contribution in [1.82, 2.24) is 4.72 Å². The largest absolute Gasteiger partial charge is 0.216 e. The van der Waals surface area contributed by atoms with Crippen molar-refractivity contribution in [1.29, 1.82) is 0 Å². The molecule has 0 aliphatic heterocycles. The predicted molar refractivity (Wildman–Crippen MR) is 86.7 cm³/mol. The van der Waals surface area contributed by atoms with E-state index in [2.05, 4.69) is 4.72 Å². The third kappa shape index (κ3) is 4.84. The molecule has 0 aliphatic carbocycles. The fraction of sp³-hybridized carbons (Fsp3) is 0.250. The first kappa shape index (κ1) is 16.0. The Morgan fingerprint density at radius 3 is 2.24 bits per heavy atom. The minimum atomic E-state index is -3.39. The lowest BCUT2D eigenvalue weighted by molar-refractivity contribution is 0.549. The monoisotopic (exact) mass is 323 g/mol. The zero-order valence-corrected chi connectivity index (χ0v) is 13.4. The summed E-state index contributed by atoms with van der Waals surface area (Å²) >= 11 is 5.86. The third-order valence-electron chi connectivity index (χ3n) is 3.20. The Hall–Kier alpha value is -1.36. The normalized spacial score (nSPS) is 13.0. The van der Waals surface area contributed by atoms with Crippen LogP contribution < -0.4 is 4.72 Å². The van der Waals surface area contributed by atoms with Gasteiger partial charge in [0, 0.05) is 11.1 Å². The molecule has 1 unspecified atom stereocenters. The number of sulfonamides is 1. The predicted octanol–water partition coefficient (Wildman–Crippen LogP) is 3.91. The molecule has 0 amide bonds. The minimum absolute atomic E-state index is 0.0159. The van der Waals surface area contributed by atoms with Crippen molar-refractivity contribution in [3.05, 3.63) is 70.7 Å². The molecule has 2 rings (SSSR count). The van der Waals surface area contributed by atoms with Crippen LogP contribution in [-0.2, 0) is 15.8 Å². The van der Waals surface area contributed by atoms with Crippen LogP contribution in [0.15, 0.2) is 54.6 Å². The van der Waals surface area contributed by atoms with E-state index in [0.717, 1.165) is 11.1 Å². The van der Waals surface area contributed by atoms with Crippen LogP contribution in [0.5, 0.6) is 0 Å². The molecule has 2 aromatic carbocycles. The van der Waals surface area contributed by atoms with Crippen molar-refractivity contribution >= 4 is 21.6 Å². The van der Waals surface area contributed by atoms with Gasteiger partial charge in [0.2, 0.25) is 10.0 Å². The van der Waals surface area contributed by atoms with E-state index in [-0.39, 0.29) is 11.8 Å². The molecule has 0 radical (unpaired) electrons. The Morgan fingerprint density at radius 1 is 1.05 bits per heavy atom. The van der Waals surface area contributed by atoms with Gasteiger partial charge in [-0.25, -0.2) is 13.1 Å². The van der Waals surface area contributed by atoms with Gasteiger partial charge in [0.25, 0.3) is 0 Å². The van der Waals surface area contributed by atoms with Crippen molar-refractivity contribution in [2.45, 2.75) is 25.1 Å². The van der Waals surface area contributed by atoms with Gasteiger partial charge in [0.05, 0.1) is 5.75 Å². The molecule has 112 valence electrons. The van der Waals surface area contributed by atoms with Gasteiger partial charge < -0.3 is 0 Å². The number of benzene rings is 2. The summed E-state index contributed by atoms with van der Waals surface area (Å²) in [6.07, 6.45) is 0.676. The van der Waals surface area contributed by atoms with Crippen LogP contribution in [0.3, 0.4) is 0 Å². The highest BCUT2D eigenvalue weighted by atomic mass is 35.5. The summed E-state index contributed by atoms with van der Waals surface area (Å²) in [5, 5.41) is 0.640. The third-order valence-corrected chi connectivity index (χ3v) is 4.81. The fourth-order valence-corrected chi connectivity index (χ4v) is 3.71. The van der Waals surface area contributed by atoms with E-state index in [4.69, 9.17) is 11.6 Å². The Morgan fingerprint density at radius 2 is 1.67 bits per heavy atom. The lowest BCUT2D eigenvalue weighted by Crippen LogP contribution is -2.29. The van der Waals surface area contributed by atoms with Gasteiger partial charge in [0.15, 0.2) is 0 Å². The molecule has 2 aromatic rings. The summed E-state index contributed by atoms with van der Waals surface area (Å²) in [6, 6.07) is 16.1. The van der Waals surface area contributed by atoms with E-state index in [9.17, 15) is 8.42 Å². The number of hydrogen-bond donors (Lipinski definition) is 1. The van der Waals surface area contributed by atoms with Crippen molar-refractivity contribution in [3.8, 4) is 0 Å². The molecule has 0 heterocycles. The Kier molecular flexibility index (Phi) is 5.39. The Labute approximate surface area is 131 Å². The van der Waals surface area contributed by atoms with E-state index < -0.39 is 10.0 Å². The van der Waals surface area contributed by atoms with Crippen molar-refractivity contribution in [3.63, 3.8) is 0 Å². The van der Waals surface area contributed by atoms with Gasteiger partial charge in [0.1, 0.15) is 0 Å². The highest BCUT2D eigenvalue weighted by Gasteiger charge is 2.18. The zero-order valence-electron chi connectivity index (χ0n) is 11.8. The second-order valence-corrected chi connectivity index (χ2v) is 7.07. The lowest BCUT2D eigenvalue weighted by Gasteiger charge is -2.17. The molecule has 0 saturated heterocycles. The van der Waals surface area contributed by atoms with E-state index >= 15 is 0 Å². The second kappa shape index (κ2) is 7.07. The highest BCUT2D eigenvalue weighted by molar-refractivity contribution is 7.88. The molecule has 0 spiro atoms. The molecule has 3 nitrogen and oxygen atoms in total. The van der Waals surface area contributed by atoms with Gasteiger partial charge in [-0.15, -0.1) is 0 Å². The summed E-state index contributed by atoms with van der Waals surface area (Å²) in [6.45, 7) is 1.95. The highest BCUT2D eigenvalue weighted by Crippen LogP contribution is 2.20. The van der Waals surface area contributed by atoms with Crippen molar-refractivity contribution < 1.29 is 8.42 Å². The molecule has 1 atom stereocenters. The van der Waals surface area contributed by atoms with Crippen LogP contribution in [0, 0.1) is 0 Å². The summed E-state index contributed by atoms with van der Waals surface area (Å²) in [4.78, 5) is 0. The molecule has 0 aromatic heterocycles. The molecular weight excluding hydrogens is 306 g/mol. The zero-order chi connectivity index (χ0) is 15.3. The van der Waals surface area contributed by atoms with Gasteiger partial charge in [-0.05, 0) is 29.7 Å². The molecule has 0 fully saturated rings. The topological polar surface area (TPSA) is 46.2 Å². The van der Waals surface area contributed by atoms with E-state index in [1.807, 2.05) is 49.4 Å². The Balaban J connectivity index is 2.12. The first-order valence-corrected chi connectivity index (χ1v) is 8.82. The summed E-state index contributed by atoms with van der Waals surface area (Å²) in [5.74, 6) is -0.0159. The minimum Gasteiger partial charge on any atom is -0.212 e.